The lowest BCUT2D eigenvalue weighted by atomic mass is 9.99. The highest BCUT2D eigenvalue weighted by atomic mass is 16.5. The zero-order valence-corrected chi connectivity index (χ0v) is 14.2. The molecule has 1 aromatic rings. The van der Waals surface area contributed by atoms with Crippen LogP contribution >= 0.6 is 0 Å². The number of amides is 2. The van der Waals surface area contributed by atoms with Gasteiger partial charge in [0.15, 0.2) is 0 Å². The van der Waals surface area contributed by atoms with Crippen LogP contribution in [-0.4, -0.2) is 29.4 Å². The molecule has 0 aromatic heterocycles. The lowest BCUT2D eigenvalue weighted by Gasteiger charge is -2.28. The third-order valence-corrected chi connectivity index (χ3v) is 5.24. The maximum Gasteiger partial charge on any atom is 0.319 e. The van der Waals surface area contributed by atoms with E-state index >= 15 is 0 Å². The van der Waals surface area contributed by atoms with Gasteiger partial charge in [0, 0.05) is 5.69 Å². The molecule has 2 amide bonds. The molecule has 0 unspecified atom stereocenters. The maximum atomic E-state index is 12.2. The van der Waals surface area contributed by atoms with Crippen LogP contribution in [-0.2, 0) is 11.3 Å². The van der Waals surface area contributed by atoms with Crippen LogP contribution in [0.25, 0.3) is 0 Å². The first kappa shape index (κ1) is 17.2. The van der Waals surface area contributed by atoms with Crippen LogP contribution in [0.3, 0.4) is 0 Å². The molecule has 0 aliphatic heterocycles. The average molecular weight is 332 g/mol. The Morgan fingerprint density at radius 2 is 1.79 bits per heavy atom. The molecule has 0 radical (unpaired) electrons. The average Bonchev–Trinajstić information content (AvgIpc) is 3.26. The second-order valence-electron chi connectivity index (χ2n) is 7.14. The number of hydrogen-bond donors (Lipinski definition) is 3. The number of ether oxygens (including phenoxy) is 1. The summed E-state index contributed by atoms with van der Waals surface area (Å²) in [6.07, 6.45) is 9.10. The minimum Gasteiger partial charge on any atom is -0.394 e. The smallest absolute Gasteiger partial charge is 0.319 e. The molecule has 2 aliphatic carbocycles. The van der Waals surface area contributed by atoms with Gasteiger partial charge in [0.05, 0.1) is 24.9 Å². The number of hydrogen-bond acceptors (Lipinski definition) is 3. The molecule has 0 saturated heterocycles. The first-order valence-electron chi connectivity index (χ1n) is 9.10. The monoisotopic (exact) mass is 332 g/mol. The summed E-state index contributed by atoms with van der Waals surface area (Å²) in [6, 6.07) is 7.52. The van der Waals surface area contributed by atoms with E-state index in [4.69, 9.17) is 4.74 Å². The molecule has 3 N–H and O–H groups in total. The topological polar surface area (TPSA) is 70.6 Å². The number of nitrogens with one attached hydrogen (secondary N) is 2. The van der Waals surface area contributed by atoms with E-state index in [0.717, 1.165) is 36.9 Å². The number of benzene rings is 1. The van der Waals surface area contributed by atoms with E-state index in [1.807, 2.05) is 24.3 Å². The van der Waals surface area contributed by atoms with E-state index < -0.39 is 5.54 Å². The molecule has 2 fully saturated rings. The van der Waals surface area contributed by atoms with Crippen LogP contribution in [0.1, 0.15) is 56.9 Å². The SMILES string of the molecule is O=C(Nc1ccc(COC2CCCC2)cc1)NC1(CO)CCCC1. The second-order valence-corrected chi connectivity index (χ2v) is 7.14. The van der Waals surface area contributed by atoms with Crippen molar-refractivity contribution in [2.75, 3.05) is 11.9 Å². The fourth-order valence-electron chi connectivity index (χ4n) is 3.73. The maximum absolute atomic E-state index is 12.2. The van der Waals surface area contributed by atoms with Crippen LogP contribution in [0.4, 0.5) is 10.5 Å². The summed E-state index contributed by atoms with van der Waals surface area (Å²) >= 11 is 0. The summed E-state index contributed by atoms with van der Waals surface area (Å²) in [4.78, 5) is 12.2. The van der Waals surface area contributed by atoms with E-state index in [1.165, 1.54) is 25.7 Å². The van der Waals surface area contributed by atoms with Crippen molar-refractivity contribution < 1.29 is 14.6 Å². The Labute approximate surface area is 143 Å². The van der Waals surface area contributed by atoms with E-state index in [1.54, 1.807) is 0 Å². The second kappa shape index (κ2) is 7.99. The number of aliphatic hydroxyl groups is 1. The molecule has 2 aliphatic rings. The predicted octanol–water partition coefficient (Wildman–Crippen LogP) is 3.57. The van der Waals surface area contributed by atoms with Gasteiger partial charge in [-0.1, -0.05) is 37.8 Å². The highest BCUT2D eigenvalue weighted by Gasteiger charge is 2.34. The van der Waals surface area contributed by atoms with Crippen molar-refractivity contribution in [3.8, 4) is 0 Å². The molecule has 0 atom stereocenters. The molecule has 5 nitrogen and oxygen atoms in total. The minimum atomic E-state index is -0.445. The van der Waals surface area contributed by atoms with Gasteiger partial charge in [0.25, 0.3) is 0 Å². The molecule has 5 heteroatoms. The number of urea groups is 1. The molecule has 2 saturated carbocycles. The molecular formula is C19H28N2O3. The largest absolute Gasteiger partial charge is 0.394 e. The van der Waals surface area contributed by atoms with Gasteiger partial charge < -0.3 is 20.5 Å². The number of carbonyl (C=O) groups excluding carboxylic acids is 1. The fraction of sp³-hybridized carbons (Fsp3) is 0.632. The zero-order chi connectivity index (χ0) is 16.8. The van der Waals surface area contributed by atoms with Crippen molar-refractivity contribution in [1.82, 2.24) is 5.32 Å². The lowest BCUT2D eigenvalue weighted by Crippen LogP contribution is -2.50. The summed E-state index contributed by atoms with van der Waals surface area (Å²) in [6.45, 7) is 0.628. The summed E-state index contributed by atoms with van der Waals surface area (Å²) in [7, 11) is 0. The Morgan fingerprint density at radius 1 is 1.12 bits per heavy atom. The van der Waals surface area contributed by atoms with Crippen molar-refractivity contribution in [2.24, 2.45) is 0 Å². The third kappa shape index (κ3) is 4.48. The van der Waals surface area contributed by atoms with E-state index in [0.29, 0.717) is 12.7 Å². The molecular weight excluding hydrogens is 304 g/mol. The quantitative estimate of drug-likeness (QED) is 0.746. The molecule has 24 heavy (non-hydrogen) atoms. The predicted molar refractivity (Wildman–Crippen MR) is 93.9 cm³/mol. The van der Waals surface area contributed by atoms with Gasteiger partial charge in [0.1, 0.15) is 0 Å². The molecule has 3 rings (SSSR count). The normalized spacial score (nSPS) is 20.2. The number of aliphatic hydroxyl groups excluding tert-OH is 1. The Hall–Kier alpha value is -1.59. The molecule has 0 heterocycles. The van der Waals surface area contributed by atoms with Crippen LogP contribution in [0.15, 0.2) is 24.3 Å². The Morgan fingerprint density at radius 3 is 2.42 bits per heavy atom. The highest BCUT2D eigenvalue weighted by molar-refractivity contribution is 5.89. The van der Waals surface area contributed by atoms with Crippen molar-refractivity contribution in [2.45, 2.75) is 69.6 Å². The van der Waals surface area contributed by atoms with Gasteiger partial charge in [-0.2, -0.15) is 0 Å². The third-order valence-electron chi connectivity index (χ3n) is 5.24. The van der Waals surface area contributed by atoms with Crippen molar-refractivity contribution >= 4 is 11.7 Å². The highest BCUT2D eigenvalue weighted by Crippen LogP contribution is 2.29. The summed E-state index contributed by atoms with van der Waals surface area (Å²) in [5, 5.41) is 15.4. The lowest BCUT2D eigenvalue weighted by molar-refractivity contribution is 0.0457. The fourth-order valence-corrected chi connectivity index (χ4v) is 3.73. The number of carbonyl (C=O) groups is 1. The van der Waals surface area contributed by atoms with Gasteiger partial charge in [0.2, 0.25) is 0 Å². The molecule has 132 valence electrons. The van der Waals surface area contributed by atoms with Crippen molar-refractivity contribution in [1.29, 1.82) is 0 Å². The zero-order valence-electron chi connectivity index (χ0n) is 14.2. The van der Waals surface area contributed by atoms with Crippen LogP contribution < -0.4 is 10.6 Å². The summed E-state index contributed by atoms with van der Waals surface area (Å²) < 4.78 is 5.90. The van der Waals surface area contributed by atoms with E-state index in [9.17, 15) is 9.90 Å². The Kier molecular flexibility index (Phi) is 5.74. The van der Waals surface area contributed by atoms with Gasteiger partial charge in [-0.3, -0.25) is 0 Å². The van der Waals surface area contributed by atoms with E-state index in [-0.39, 0.29) is 12.6 Å². The van der Waals surface area contributed by atoms with Gasteiger partial charge in [-0.15, -0.1) is 0 Å². The molecule has 1 aromatic carbocycles. The van der Waals surface area contributed by atoms with Crippen LogP contribution in [0.2, 0.25) is 0 Å². The standard InChI is InChI=1S/C19H28N2O3/c22-14-19(11-3-4-12-19)21-18(23)20-16-9-7-15(8-10-16)13-24-17-5-1-2-6-17/h7-10,17,22H,1-6,11-14H2,(H2,20,21,23). The van der Waals surface area contributed by atoms with Gasteiger partial charge in [-0.25, -0.2) is 4.79 Å². The number of anilines is 1. The van der Waals surface area contributed by atoms with Crippen molar-refractivity contribution in [3.63, 3.8) is 0 Å². The Bertz CT molecular complexity index is 532. The van der Waals surface area contributed by atoms with Crippen LogP contribution in [0, 0.1) is 0 Å². The van der Waals surface area contributed by atoms with Gasteiger partial charge in [-0.05, 0) is 43.4 Å². The van der Waals surface area contributed by atoms with Crippen molar-refractivity contribution in [3.05, 3.63) is 29.8 Å². The minimum absolute atomic E-state index is 0.00212. The first-order chi connectivity index (χ1) is 11.7. The summed E-state index contributed by atoms with van der Waals surface area (Å²) in [5.74, 6) is 0. The Balaban J connectivity index is 1.47. The summed E-state index contributed by atoms with van der Waals surface area (Å²) in [5.41, 5.74) is 1.43. The van der Waals surface area contributed by atoms with Gasteiger partial charge >= 0.3 is 6.03 Å². The van der Waals surface area contributed by atoms with Crippen LogP contribution in [0.5, 0.6) is 0 Å². The van der Waals surface area contributed by atoms with E-state index in [2.05, 4.69) is 10.6 Å². The number of rotatable bonds is 6. The molecule has 0 spiro atoms. The first-order valence-corrected chi connectivity index (χ1v) is 9.10. The molecule has 0 bridgehead atoms.